The summed E-state index contributed by atoms with van der Waals surface area (Å²) in [4.78, 5) is 51.3. The van der Waals surface area contributed by atoms with Crippen molar-refractivity contribution in [1.29, 1.82) is 0 Å². The highest BCUT2D eigenvalue weighted by Crippen LogP contribution is 2.23. The molecule has 0 saturated heterocycles. The van der Waals surface area contributed by atoms with Crippen molar-refractivity contribution >= 4 is 41.2 Å². The van der Waals surface area contributed by atoms with Gasteiger partial charge in [-0.1, -0.05) is 0 Å². The van der Waals surface area contributed by atoms with E-state index < -0.39 is 30.1 Å². The van der Waals surface area contributed by atoms with Gasteiger partial charge in [-0.3, -0.25) is 14.6 Å². The van der Waals surface area contributed by atoms with Crippen LogP contribution < -0.4 is 5.32 Å². The number of carbonyl (C=O) groups is 4. The molecule has 0 saturated carbocycles. The van der Waals surface area contributed by atoms with E-state index in [4.69, 9.17) is 9.47 Å². The third-order valence-electron chi connectivity index (χ3n) is 3.35. The van der Waals surface area contributed by atoms with Gasteiger partial charge < -0.3 is 14.8 Å². The lowest BCUT2D eigenvalue weighted by Crippen LogP contribution is -2.40. The van der Waals surface area contributed by atoms with Crippen molar-refractivity contribution in [2.75, 3.05) is 26.0 Å². The van der Waals surface area contributed by atoms with Gasteiger partial charge in [0.2, 0.25) is 6.41 Å². The molecule has 25 heavy (non-hydrogen) atoms. The first-order valence-corrected chi connectivity index (χ1v) is 8.93. The number of likely N-dealkylation sites (N-methyl/N-ethyl adjacent to an activating group) is 1. The molecular formula is C15H23N3O6S. The molecule has 1 rings (SSSR count). The van der Waals surface area contributed by atoms with Gasteiger partial charge in [0.15, 0.2) is 0 Å². The molecule has 0 aromatic carbocycles. The maximum atomic E-state index is 12.2. The highest BCUT2D eigenvalue weighted by Gasteiger charge is 2.31. The number of hydrogen-bond acceptors (Lipinski definition) is 8. The van der Waals surface area contributed by atoms with Crippen LogP contribution in [0.2, 0.25) is 0 Å². The first kappa shape index (κ1) is 20.9. The van der Waals surface area contributed by atoms with E-state index in [-0.39, 0.29) is 13.2 Å². The second kappa shape index (κ2) is 10.7. The smallest absolute Gasteiger partial charge is 0.416 e. The Labute approximate surface area is 150 Å². The van der Waals surface area contributed by atoms with Gasteiger partial charge in [0, 0.05) is 12.8 Å². The van der Waals surface area contributed by atoms with Gasteiger partial charge >= 0.3 is 12.1 Å². The zero-order valence-electron chi connectivity index (χ0n) is 14.5. The normalized spacial score (nSPS) is 17.2. The Morgan fingerprint density at radius 3 is 2.64 bits per heavy atom. The van der Waals surface area contributed by atoms with Crippen LogP contribution in [0.1, 0.15) is 26.7 Å². The van der Waals surface area contributed by atoms with E-state index >= 15 is 0 Å². The lowest BCUT2D eigenvalue weighted by atomic mass is 10.1. The largest absolute Gasteiger partial charge is 0.464 e. The Balaban J connectivity index is 2.59. The fourth-order valence-electron chi connectivity index (χ4n) is 2.08. The monoisotopic (exact) mass is 373 g/mol. The minimum atomic E-state index is -0.752. The number of nitrogens with zero attached hydrogens (tertiary/aromatic N) is 2. The van der Waals surface area contributed by atoms with Crippen molar-refractivity contribution < 1.29 is 28.7 Å². The topological polar surface area (TPSA) is 114 Å². The fraction of sp³-hybridized carbons (Fsp3) is 0.667. The number of ether oxygens (including phenoxy) is 2. The first-order valence-electron chi connectivity index (χ1n) is 7.94. The summed E-state index contributed by atoms with van der Waals surface area (Å²) in [6, 6.07) is -1.41. The zero-order chi connectivity index (χ0) is 18.8. The van der Waals surface area contributed by atoms with E-state index in [9.17, 15) is 19.2 Å². The number of thioether (sulfide) groups is 1. The number of amides is 3. The van der Waals surface area contributed by atoms with Crippen LogP contribution in [0.25, 0.3) is 0 Å². The molecule has 0 aromatic heterocycles. The zero-order valence-corrected chi connectivity index (χ0v) is 15.3. The van der Waals surface area contributed by atoms with Crippen molar-refractivity contribution in [2.45, 2.75) is 38.8 Å². The van der Waals surface area contributed by atoms with Crippen LogP contribution in [0.3, 0.4) is 0 Å². The van der Waals surface area contributed by atoms with Crippen LogP contribution in [0, 0.1) is 0 Å². The van der Waals surface area contributed by atoms with Gasteiger partial charge in [-0.25, -0.2) is 14.5 Å². The van der Waals surface area contributed by atoms with Crippen LogP contribution in [-0.4, -0.2) is 72.4 Å². The van der Waals surface area contributed by atoms with Gasteiger partial charge in [-0.2, -0.15) is 0 Å². The molecule has 0 bridgehead atoms. The maximum absolute atomic E-state index is 12.2. The molecule has 0 fully saturated rings. The summed E-state index contributed by atoms with van der Waals surface area (Å²) in [6.07, 6.45) is 0.477. The second-order valence-electron chi connectivity index (χ2n) is 5.07. The van der Waals surface area contributed by atoms with Crippen molar-refractivity contribution in [3.8, 4) is 0 Å². The molecule has 1 N–H and O–H groups in total. The summed E-state index contributed by atoms with van der Waals surface area (Å²) in [5.41, 5.74) is 0. The highest BCUT2D eigenvalue weighted by molar-refractivity contribution is 8.14. The molecule has 0 spiro atoms. The van der Waals surface area contributed by atoms with Crippen LogP contribution in [0.4, 0.5) is 4.79 Å². The van der Waals surface area contributed by atoms with Crippen LogP contribution >= 0.6 is 11.8 Å². The average molecular weight is 373 g/mol. The maximum Gasteiger partial charge on any atom is 0.416 e. The predicted octanol–water partition coefficient (Wildman–Crippen LogP) is 0.573. The number of nitrogens with one attached hydrogen (secondary N) is 1. The standard InChI is InChI=1S/C15H23N3O6S/c1-4-23-14(21)10(16-9-19)6-7-12-17-11(8-25-12)13(20)18(3)15(22)24-5-2/h9-11H,4-8H2,1-3H3,(H,16,19)/t10-,11-/m0/s1. The lowest BCUT2D eigenvalue weighted by molar-refractivity contribution is -0.146. The lowest BCUT2D eigenvalue weighted by Gasteiger charge is -2.16. The Kier molecular flexibility index (Phi) is 8.96. The number of carbonyl (C=O) groups excluding carboxylic acids is 4. The molecule has 1 heterocycles. The minimum absolute atomic E-state index is 0.184. The van der Waals surface area contributed by atoms with Gasteiger partial charge in [0.1, 0.15) is 12.1 Å². The van der Waals surface area contributed by atoms with Crippen LogP contribution in [0.5, 0.6) is 0 Å². The number of imide groups is 1. The summed E-state index contributed by atoms with van der Waals surface area (Å²) in [6.45, 7) is 3.75. The van der Waals surface area contributed by atoms with Crippen molar-refractivity contribution in [2.24, 2.45) is 4.99 Å². The molecule has 1 aliphatic heterocycles. The fourth-order valence-corrected chi connectivity index (χ4v) is 3.11. The molecule has 10 heteroatoms. The Hall–Kier alpha value is -2.10. The molecule has 0 unspecified atom stereocenters. The summed E-state index contributed by atoms with van der Waals surface area (Å²) in [5.74, 6) is -0.523. The predicted molar refractivity (Wildman–Crippen MR) is 92.3 cm³/mol. The Morgan fingerprint density at radius 1 is 1.36 bits per heavy atom. The molecule has 9 nitrogen and oxygen atoms in total. The minimum Gasteiger partial charge on any atom is -0.464 e. The van der Waals surface area contributed by atoms with E-state index in [1.165, 1.54) is 18.8 Å². The van der Waals surface area contributed by atoms with E-state index in [0.29, 0.717) is 30.0 Å². The number of esters is 1. The summed E-state index contributed by atoms with van der Waals surface area (Å²) in [5, 5.41) is 3.11. The third kappa shape index (κ3) is 6.37. The van der Waals surface area contributed by atoms with Crippen LogP contribution in [-0.2, 0) is 23.9 Å². The van der Waals surface area contributed by atoms with Gasteiger partial charge in [-0.15, -0.1) is 11.8 Å². The summed E-state index contributed by atoms with van der Waals surface area (Å²) in [7, 11) is 1.35. The van der Waals surface area contributed by atoms with E-state index in [1.54, 1.807) is 13.8 Å². The molecule has 3 amide bonds. The molecular weight excluding hydrogens is 350 g/mol. The molecule has 1 aliphatic rings. The van der Waals surface area contributed by atoms with E-state index in [2.05, 4.69) is 10.3 Å². The Morgan fingerprint density at radius 2 is 2.04 bits per heavy atom. The molecule has 2 atom stereocenters. The third-order valence-corrected chi connectivity index (χ3v) is 4.48. The second-order valence-corrected chi connectivity index (χ2v) is 6.17. The molecule has 140 valence electrons. The number of hydrogen-bond donors (Lipinski definition) is 1. The van der Waals surface area contributed by atoms with E-state index in [0.717, 1.165) is 4.90 Å². The van der Waals surface area contributed by atoms with Crippen molar-refractivity contribution in [3.63, 3.8) is 0 Å². The van der Waals surface area contributed by atoms with Gasteiger partial charge in [0.25, 0.3) is 5.91 Å². The van der Waals surface area contributed by atoms with Crippen molar-refractivity contribution in [1.82, 2.24) is 10.2 Å². The van der Waals surface area contributed by atoms with Crippen LogP contribution in [0.15, 0.2) is 4.99 Å². The van der Waals surface area contributed by atoms with Crippen molar-refractivity contribution in [3.05, 3.63) is 0 Å². The molecule has 0 aromatic rings. The summed E-state index contributed by atoms with van der Waals surface area (Å²) < 4.78 is 9.68. The molecule has 0 aliphatic carbocycles. The quantitative estimate of drug-likeness (QED) is 0.464. The SMILES string of the molecule is CCOC(=O)[C@H](CCC1=N[C@H](C(=O)N(C)C(=O)OCC)CS1)NC=O. The Bertz CT molecular complexity index is 539. The van der Waals surface area contributed by atoms with Gasteiger partial charge in [0.05, 0.1) is 18.3 Å². The average Bonchev–Trinajstić information content (AvgIpc) is 3.06. The molecule has 0 radical (unpaired) electrons. The first-order chi connectivity index (χ1) is 11.9. The highest BCUT2D eigenvalue weighted by atomic mass is 32.2. The number of rotatable bonds is 9. The van der Waals surface area contributed by atoms with E-state index in [1.807, 2.05) is 0 Å². The summed E-state index contributed by atoms with van der Waals surface area (Å²) >= 11 is 1.39. The van der Waals surface area contributed by atoms with Gasteiger partial charge in [-0.05, 0) is 26.7 Å². The number of aliphatic imine (C=N–C) groups is 1.